The lowest BCUT2D eigenvalue weighted by Gasteiger charge is -2.40. The van der Waals surface area contributed by atoms with E-state index in [9.17, 15) is 5.11 Å². The van der Waals surface area contributed by atoms with Crippen molar-refractivity contribution in [3.8, 4) is 0 Å². The molecule has 6 nitrogen and oxygen atoms in total. The Bertz CT molecular complexity index is 505. The van der Waals surface area contributed by atoms with Crippen LogP contribution >= 0.6 is 0 Å². The van der Waals surface area contributed by atoms with Crippen molar-refractivity contribution in [2.24, 2.45) is 0 Å². The second-order valence-corrected chi connectivity index (χ2v) is 6.29. The largest absolute Gasteiger partial charge is 0.394 e. The molecule has 2 aliphatic heterocycles. The average Bonchev–Trinajstić information content (AvgIpc) is 2.88. The first-order valence-electron chi connectivity index (χ1n) is 7.84. The van der Waals surface area contributed by atoms with E-state index < -0.39 is 30.4 Å². The topological polar surface area (TPSA) is 66.4 Å². The first-order valence-corrected chi connectivity index (χ1v) is 7.84. The third-order valence-electron chi connectivity index (χ3n) is 4.13. The van der Waals surface area contributed by atoms with Crippen molar-refractivity contribution >= 4 is 0 Å². The van der Waals surface area contributed by atoms with Gasteiger partial charge in [-0.15, -0.1) is 0 Å². The van der Waals surface area contributed by atoms with Crippen LogP contribution in [-0.2, 0) is 30.3 Å². The van der Waals surface area contributed by atoms with Gasteiger partial charge < -0.3 is 28.8 Å². The van der Waals surface area contributed by atoms with Crippen LogP contribution in [0.2, 0.25) is 0 Å². The van der Waals surface area contributed by atoms with Gasteiger partial charge in [-0.2, -0.15) is 0 Å². The summed E-state index contributed by atoms with van der Waals surface area (Å²) in [7, 11) is 1.55. The molecule has 2 heterocycles. The molecule has 0 radical (unpaired) electrons. The third-order valence-corrected chi connectivity index (χ3v) is 4.13. The second-order valence-electron chi connectivity index (χ2n) is 6.29. The second kappa shape index (κ2) is 6.84. The van der Waals surface area contributed by atoms with Crippen molar-refractivity contribution in [2.45, 2.75) is 56.9 Å². The first kappa shape index (κ1) is 16.8. The number of methoxy groups -OCH3 is 1. The van der Waals surface area contributed by atoms with Crippen molar-refractivity contribution in [3.63, 3.8) is 0 Å². The van der Waals surface area contributed by atoms with Crippen molar-refractivity contribution in [1.82, 2.24) is 0 Å². The maximum absolute atomic E-state index is 9.67. The molecule has 6 heteroatoms. The number of rotatable bonds is 5. The maximum Gasteiger partial charge on any atom is 0.186 e. The summed E-state index contributed by atoms with van der Waals surface area (Å²) < 4.78 is 29.1. The lowest BCUT2D eigenvalue weighted by atomic mass is 9.99. The molecule has 5 atom stereocenters. The Morgan fingerprint density at radius 2 is 1.83 bits per heavy atom. The lowest BCUT2D eigenvalue weighted by molar-refractivity contribution is -0.280. The molecular weight excluding hydrogens is 300 g/mol. The number of ether oxygens (including phenoxy) is 5. The smallest absolute Gasteiger partial charge is 0.186 e. The van der Waals surface area contributed by atoms with Gasteiger partial charge in [0, 0.05) is 7.11 Å². The van der Waals surface area contributed by atoms with E-state index in [4.69, 9.17) is 23.7 Å². The van der Waals surface area contributed by atoms with E-state index in [1.807, 2.05) is 44.2 Å². The van der Waals surface area contributed by atoms with E-state index in [1.54, 1.807) is 7.11 Å². The molecule has 3 rings (SSSR count). The summed E-state index contributed by atoms with van der Waals surface area (Å²) in [6.45, 7) is 3.93. The predicted molar refractivity (Wildman–Crippen MR) is 81.6 cm³/mol. The SMILES string of the molecule is CO[C@H]1O[C@H](CO)[C@@H](OCc2ccccc2)[C@@H]2OC(C)(C)O[C@H]12. The van der Waals surface area contributed by atoms with Crippen LogP contribution in [0.4, 0.5) is 0 Å². The fraction of sp³-hybridized carbons (Fsp3) is 0.647. The Hall–Kier alpha value is -1.02. The van der Waals surface area contributed by atoms with E-state index in [0.717, 1.165) is 5.56 Å². The van der Waals surface area contributed by atoms with Crippen LogP contribution < -0.4 is 0 Å². The summed E-state index contributed by atoms with van der Waals surface area (Å²) in [6, 6.07) is 9.86. The van der Waals surface area contributed by atoms with Crippen molar-refractivity contribution in [3.05, 3.63) is 35.9 Å². The Labute approximate surface area is 136 Å². The maximum atomic E-state index is 9.67. The van der Waals surface area contributed by atoms with E-state index in [1.165, 1.54) is 0 Å². The summed E-state index contributed by atoms with van der Waals surface area (Å²) in [5, 5.41) is 9.67. The number of hydrogen-bond donors (Lipinski definition) is 1. The minimum absolute atomic E-state index is 0.174. The molecule has 0 aliphatic carbocycles. The van der Waals surface area contributed by atoms with Crippen molar-refractivity contribution in [1.29, 1.82) is 0 Å². The first-order chi connectivity index (χ1) is 11.0. The average molecular weight is 324 g/mol. The Morgan fingerprint density at radius 1 is 1.13 bits per heavy atom. The van der Waals surface area contributed by atoms with Crippen LogP contribution in [0.5, 0.6) is 0 Å². The standard InChI is InChI=1S/C17H24O6/c1-17(2)22-14-13(20-10-11-7-5-4-6-8-11)12(9-18)21-16(19-3)15(14)23-17/h4-8,12-16,18H,9-10H2,1-3H3/t12-,13-,14+,15+,16+/m1/s1. The minimum atomic E-state index is -0.742. The van der Waals surface area contributed by atoms with Gasteiger partial charge in [0.2, 0.25) is 0 Å². The van der Waals surface area contributed by atoms with Gasteiger partial charge in [0.25, 0.3) is 0 Å². The van der Waals surface area contributed by atoms with Gasteiger partial charge in [-0.1, -0.05) is 30.3 Å². The number of fused-ring (bicyclic) bond motifs is 1. The van der Waals surface area contributed by atoms with Gasteiger partial charge >= 0.3 is 0 Å². The lowest BCUT2D eigenvalue weighted by Crippen LogP contribution is -2.58. The summed E-state index contributed by atoms with van der Waals surface area (Å²) in [6.07, 6.45) is -2.29. The zero-order valence-corrected chi connectivity index (χ0v) is 13.7. The van der Waals surface area contributed by atoms with E-state index in [0.29, 0.717) is 6.61 Å². The zero-order chi connectivity index (χ0) is 16.4. The van der Waals surface area contributed by atoms with Crippen LogP contribution in [0, 0.1) is 0 Å². The number of aliphatic hydroxyl groups is 1. The van der Waals surface area contributed by atoms with Crippen LogP contribution in [0.3, 0.4) is 0 Å². The van der Waals surface area contributed by atoms with Crippen molar-refractivity contribution < 1.29 is 28.8 Å². The highest BCUT2D eigenvalue weighted by Gasteiger charge is 2.55. The number of benzene rings is 1. The normalized spacial score (nSPS) is 35.9. The van der Waals surface area contributed by atoms with E-state index in [-0.39, 0.29) is 12.7 Å². The highest BCUT2D eigenvalue weighted by molar-refractivity contribution is 5.13. The van der Waals surface area contributed by atoms with Gasteiger partial charge in [-0.25, -0.2) is 0 Å². The summed E-state index contributed by atoms with van der Waals surface area (Å²) >= 11 is 0. The molecule has 0 bridgehead atoms. The summed E-state index contributed by atoms with van der Waals surface area (Å²) in [5.74, 6) is -0.742. The predicted octanol–water partition coefficient (Wildman–Crippen LogP) is 1.46. The van der Waals surface area contributed by atoms with Gasteiger partial charge in [-0.3, -0.25) is 0 Å². The summed E-state index contributed by atoms with van der Waals surface area (Å²) in [5.41, 5.74) is 1.05. The van der Waals surface area contributed by atoms with E-state index in [2.05, 4.69) is 0 Å². The Kier molecular flexibility index (Phi) is 5.01. The molecule has 2 saturated heterocycles. The molecule has 1 aromatic rings. The Balaban J connectivity index is 1.76. The van der Waals surface area contributed by atoms with Crippen LogP contribution in [0.1, 0.15) is 19.4 Å². The molecule has 0 saturated carbocycles. The van der Waals surface area contributed by atoms with Crippen LogP contribution in [-0.4, -0.2) is 55.3 Å². The molecule has 0 amide bonds. The van der Waals surface area contributed by atoms with Gasteiger partial charge in [-0.05, 0) is 19.4 Å². The van der Waals surface area contributed by atoms with Crippen LogP contribution in [0.25, 0.3) is 0 Å². The van der Waals surface area contributed by atoms with Crippen molar-refractivity contribution in [2.75, 3.05) is 13.7 Å². The van der Waals surface area contributed by atoms with Gasteiger partial charge in [0.15, 0.2) is 12.1 Å². The molecule has 0 aromatic heterocycles. The molecule has 2 fully saturated rings. The molecule has 128 valence electrons. The fourth-order valence-corrected chi connectivity index (χ4v) is 3.13. The molecule has 0 unspecified atom stereocenters. The molecule has 0 spiro atoms. The van der Waals surface area contributed by atoms with Gasteiger partial charge in [0.05, 0.1) is 13.2 Å². The number of aliphatic hydroxyl groups excluding tert-OH is 1. The quantitative estimate of drug-likeness (QED) is 0.884. The molecular formula is C17H24O6. The van der Waals surface area contributed by atoms with E-state index >= 15 is 0 Å². The highest BCUT2D eigenvalue weighted by atomic mass is 16.8. The Morgan fingerprint density at radius 3 is 2.48 bits per heavy atom. The van der Waals surface area contributed by atoms with Crippen LogP contribution in [0.15, 0.2) is 30.3 Å². The zero-order valence-electron chi connectivity index (χ0n) is 13.7. The minimum Gasteiger partial charge on any atom is -0.394 e. The summed E-state index contributed by atoms with van der Waals surface area (Å²) in [4.78, 5) is 0. The number of hydrogen-bond acceptors (Lipinski definition) is 6. The fourth-order valence-electron chi connectivity index (χ4n) is 3.13. The monoisotopic (exact) mass is 324 g/mol. The molecule has 1 aromatic carbocycles. The van der Waals surface area contributed by atoms with Gasteiger partial charge in [0.1, 0.15) is 24.4 Å². The molecule has 23 heavy (non-hydrogen) atoms. The molecule has 2 aliphatic rings. The third kappa shape index (κ3) is 3.57. The molecule has 1 N–H and O–H groups in total. The highest BCUT2D eigenvalue weighted by Crippen LogP contribution is 2.38.